The molecule has 10 nitrogen and oxygen atoms in total. The van der Waals surface area contributed by atoms with E-state index in [1.165, 1.54) is 6.20 Å². The van der Waals surface area contributed by atoms with Crippen LogP contribution < -0.4 is 19.9 Å². The first kappa shape index (κ1) is 20.6. The number of benzene rings is 1. The molecule has 0 aliphatic carbocycles. The second-order valence-corrected chi connectivity index (χ2v) is 8.60. The predicted octanol–water partition coefficient (Wildman–Crippen LogP) is 1.13. The van der Waals surface area contributed by atoms with Crippen LogP contribution in [-0.2, 0) is 21.4 Å². The van der Waals surface area contributed by atoms with Crippen molar-refractivity contribution < 1.29 is 22.7 Å². The molecule has 1 aromatic heterocycles. The van der Waals surface area contributed by atoms with Gasteiger partial charge in [0.05, 0.1) is 0 Å². The predicted molar refractivity (Wildman–Crippen MR) is 104 cm³/mol. The molecule has 2 aromatic rings. The Morgan fingerprint density at radius 3 is 2.62 bits per heavy atom. The van der Waals surface area contributed by atoms with E-state index in [-0.39, 0.29) is 17.2 Å². The zero-order valence-corrected chi connectivity index (χ0v) is 16.5. The fourth-order valence-corrected chi connectivity index (χ4v) is 3.96. The second-order valence-electron chi connectivity index (χ2n) is 7.01. The monoisotopic (exact) mass is 425 g/mol. The van der Waals surface area contributed by atoms with Crippen molar-refractivity contribution >= 4 is 33.4 Å². The highest BCUT2D eigenvalue weighted by Crippen LogP contribution is 2.36. The number of phenols is 1. The Balaban J connectivity index is 1.84. The van der Waals surface area contributed by atoms with E-state index in [4.69, 9.17) is 0 Å². The fraction of sp³-hybridized carbons (Fsp3) is 0.353. The third-order valence-electron chi connectivity index (χ3n) is 4.24. The summed E-state index contributed by atoms with van der Waals surface area (Å²) in [5.41, 5.74) is -0.445. The molecule has 29 heavy (non-hydrogen) atoms. The van der Waals surface area contributed by atoms with Crippen molar-refractivity contribution in [3.63, 3.8) is 0 Å². The van der Waals surface area contributed by atoms with E-state index >= 15 is 0 Å². The molecule has 0 spiro atoms. The molecule has 3 rings (SSSR count). The van der Waals surface area contributed by atoms with Gasteiger partial charge in [0.15, 0.2) is 5.82 Å². The van der Waals surface area contributed by atoms with Gasteiger partial charge in [-0.1, -0.05) is 13.8 Å². The Kier molecular flexibility index (Phi) is 5.46. The van der Waals surface area contributed by atoms with Crippen LogP contribution in [-0.4, -0.2) is 35.9 Å². The second kappa shape index (κ2) is 7.70. The molecule has 1 saturated heterocycles. The minimum atomic E-state index is -4.27. The summed E-state index contributed by atoms with van der Waals surface area (Å²) >= 11 is 0. The van der Waals surface area contributed by atoms with E-state index in [9.17, 15) is 27.5 Å². The molecule has 0 unspecified atom stereocenters. The van der Waals surface area contributed by atoms with Gasteiger partial charge >= 0.3 is 10.2 Å². The number of aryl methyl sites for hydroxylation is 1. The number of rotatable bonds is 6. The number of halogens is 1. The van der Waals surface area contributed by atoms with Gasteiger partial charge in [0.25, 0.3) is 11.5 Å². The average Bonchev–Trinajstić information content (AvgIpc) is 2.85. The van der Waals surface area contributed by atoms with Crippen LogP contribution in [0.1, 0.15) is 25.8 Å². The summed E-state index contributed by atoms with van der Waals surface area (Å²) in [4.78, 5) is 30.1. The van der Waals surface area contributed by atoms with E-state index in [2.05, 4.69) is 15.3 Å². The maximum Gasteiger partial charge on any atom is 0.326 e. The van der Waals surface area contributed by atoms with Gasteiger partial charge < -0.3 is 10.4 Å². The van der Waals surface area contributed by atoms with Crippen molar-refractivity contribution in [3.05, 3.63) is 40.1 Å². The van der Waals surface area contributed by atoms with Crippen molar-refractivity contribution in [3.8, 4) is 5.75 Å². The molecule has 1 amide bonds. The lowest BCUT2D eigenvalue weighted by atomic mass is 10.1. The van der Waals surface area contributed by atoms with Gasteiger partial charge in [0.2, 0.25) is 5.95 Å². The Morgan fingerprint density at radius 2 is 2.07 bits per heavy atom. The SMILES string of the molecule is CC(C)CCc1cnc(Nc2cc(O)c(N3CC(=O)NS3(=O)=O)c(F)c2)[nH]c1=O. The number of amides is 1. The Labute approximate surface area is 166 Å². The number of carbonyl (C=O) groups excluding carboxylic acids is 1. The number of aromatic amines is 1. The number of aromatic nitrogens is 2. The summed E-state index contributed by atoms with van der Waals surface area (Å²) in [7, 11) is -4.27. The fourth-order valence-electron chi connectivity index (χ4n) is 2.79. The van der Waals surface area contributed by atoms with Crippen molar-refractivity contribution in [1.29, 1.82) is 0 Å². The van der Waals surface area contributed by atoms with E-state index in [1.807, 2.05) is 13.8 Å². The molecule has 1 aromatic carbocycles. The lowest BCUT2D eigenvalue weighted by Gasteiger charge is -2.18. The first-order chi connectivity index (χ1) is 13.6. The summed E-state index contributed by atoms with van der Waals surface area (Å²) in [6, 6.07) is 1.98. The molecule has 12 heteroatoms. The lowest BCUT2D eigenvalue weighted by Crippen LogP contribution is -2.30. The number of anilines is 3. The standard InChI is InChI=1S/C17H20FN5O5S/c1-9(2)3-4-10-7-19-17(21-16(10)26)20-11-5-12(18)15(13(24)6-11)23-8-14(25)22-29(23,27)28/h5-7,9,24H,3-4,8H2,1-2H3,(H,22,25)(H2,19,20,21,26). The van der Waals surface area contributed by atoms with E-state index in [1.54, 1.807) is 4.72 Å². The van der Waals surface area contributed by atoms with E-state index < -0.39 is 39.9 Å². The van der Waals surface area contributed by atoms with Crippen LogP contribution in [0.15, 0.2) is 23.1 Å². The molecule has 0 radical (unpaired) electrons. The van der Waals surface area contributed by atoms with Gasteiger partial charge in [0.1, 0.15) is 18.0 Å². The van der Waals surface area contributed by atoms with Crippen LogP contribution in [0.3, 0.4) is 0 Å². The van der Waals surface area contributed by atoms with Crippen LogP contribution in [0.4, 0.5) is 21.7 Å². The van der Waals surface area contributed by atoms with Crippen molar-refractivity contribution in [2.24, 2.45) is 5.92 Å². The largest absolute Gasteiger partial charge is 0.506 e. The summed E-state index contributed by atoms with van der Waals surface area (Å²) in [6.45, 7) is 3.44. The first-order valence-electron chi connectivity index (χ1n) is 8.78. The topological polar surface area (TPSA) is 144 Å². The van der Waals surface area contributed by atoms with Crippen LogP contribution in [0.5, 0.6) is 5.75 Å². The molecular weight excluding hydrogens is 405 g/mol. The van der Waals surface area contributed by atoms with Gasteiger partial charge in [-0.2, -0.15) is 8.42 Å². The van der Waals surface area contributed by atoms with Crippen molar-refractivity contribution in [1.82, 2.24) is 14.7 Å². The summed E-state index contributed by atoms with van der Waals surface area (Å²) in [5.74, 6) is -2.17. The highest BCUT2D eigenvalue weighted by atomic mass is 32.2. The van der Waals surface area contributed by atoms with Gasteiger partial charge in [-0.05, 0) is 24.8 Å². The van der Waals surface area contributed by atoms with Crippen LogP contribution in [0.25, 0.3) is 0 Å². The quantitative estimate of drug-likeness (QED) is 0.543. The Hall–Kier alpha value is -3.15. The molecule has 2 heterocycles. The third-order valence-corrected chi connectivity index (χ3v) is 5.62. The normalized spacial score (nSPS) is 15.6. The molecule has 0 atom stereocenters. The number of carbonyl (C=O) groups is 1. The molecule has 1 aliphatic heterocycles. The number of aromatic hydroxyl groups is 1. The van der Waals surface area contributed by atoms with Crippen LogP contribution >= 0.6 is 0 Å². The van der Waals surface area contributed by atoms with E-state index in [0.29, 0.717) is 22.2 Å². The summed E-state index contributed by atoms with van der Waals surface area (Å²) in [5, 5.41) is 12.8. The zero-order valence-electron chi connectivity index (χ0n) is 15.7. The van der Waals surface area contributed by atoms with Crippen LogP contribution in [0, 0.1) is 11.7 Å². The Bertz CT molecular complexity index is 1090. The number of hydrogen-bond acceptors (Lipinski definition) is 7. The molecule has 1 aliphatic rings. The summed E-state index contributed by atoms with van der Waals surface area (Å²) in [6.07, 6.45) is 2.82. The Morgan fingerprint density at radius 1 is 1.34 bits per heavy atom. The third kappa shape index (κ3) is 4.47. The summed E-state index contributed by atoms with van der Waals surface area (Å²) < 4.78 is 40.4. The van der Waals surface area contributed by atoms with Gasteiger partial charge in [-0.15, -0.1) is 0 Å². The van der Waals surface area contributed by atoms with E-state index in [0.717, 1.165) is 18.6 Å². The minimum absolute atomic E-state index is 0.0257. The maximum atomic E-state index is 14.5. The number of phenolic OH excluding ortho intramolecular Hbond substituents is 1. The number of H-pyrrole nitrogens is 1. The zero-order chi connectivity index (χ0) is 21.3. The minimum Gasteiger partial charge on any atom is -0.506 e. The lowest BCUT2D eigenvalue weighted by molar-refractivity contribution is -0.117. The van der Waals surface area contributed by atoms with Crippen LogP contribution in [0.2, 0.25) is 0 Å². The first-order valence-corrected chi connectivity index (χ1v) is 10.2. The molecule has 156 valence electrons. The number of hydrogen-bond donors (Lipinski definition) is 4. The number of nitrogens with one attached hydrogen (secondary N) is 3. The molecular formula is C17H20FN5O5S. The maximum absolute atomic E-state index is 14.5. The molecule has 0 bridgehead atoms. The number of nitrogens with zero attached hydrogens (tertiary/aromatic N) is 2. The van der Waals surface area contributed by atoms with Gasteiger partial charge in [-0.3, -0.25) is 14.6 Å². The molecule has 4 N–H and O–H groups in total. The smallest absolute Gasteiger partial charge is 0.326 e. The average molecular weight is 425 g/mol. The van der Waals surface area contributed by atoms with Gasteiger partial charge in [0, 0.05) is 23.5 Å². The van der Waals surface area contributed by atoms with Crippen molar-refractivity contribution in [2.45, 2.75) is 26.7 Å². The molecule has 1 fully saturated rings. The van der Waals surface area contributed by atoms with Gasteiger partial charge in [-0.25, -0.2) is 18.4 Å². The molecule has 0 saturated carbocycles. The highest BCUT2D eigenvalue weighted by Gasteiger charge is 2.37. The highest BCUT2D eigenvalue weighted by molar-refractivity contribution is 7.92. The van der Waals surface area contributed by atoms with Crippen molar-refractivity contribution in [2.75, 3.05) is 16.2 Å².